The lowest BCUT2D eigenvalue weighted by Crippen LogP contribution is -2.27. The van der Waals surface area contributed by atoms with Crippen molar-refractivity contribution in [1.82, 2.24) is 4.90 Å². The summed E-state index contributed by atoms with van der Waals surface area (Å²) in [6, 6.07) is 16.0. The molecule has 2 amide bonds. The van der Waals surface area contributed by atoms with Crippen LogP contribution < -0.4 is 9.47 Å². The Bertz CT molecular complexity index is 1380. The maximum Gasteiger partial charge on any atom is 0.293 e. The minimum absolute atomic E-state index is 0.00870. The summed E-state index contributed by atoms with van der Waals surface area (Å²) in [7, 11) is 1.50. The molecule has 1 aliphatic heterocycles. The van der Waals surface area contributed by atoms with Gasteiger partial charge in [-0.3, -0.25) is 24.6 Å². The van der Waals surface area contributed by atoms with Crippen LogP contribution in [0, 0.1) is 10.1 Å². The molecule has 0 aliphatic carbocycles. The number of hydrogen-bond donors (Lipinski definition) is 0. The topological polar surface area (TPSA) is 99.0 Å². The van der Waals surface area contributed by atoms with Crippen LogP contribution in [-0.2, 0) is 17.9 Å². The molecule has 0 radical (unpaired) electrons. The van der Waals surface area contributed by atoms with Crippen LogP contribution in [0.4, 0.5) is 10.5 Å². The van der Waals surface area contributed by atoms with E-state index in [1.165, 1.54) is 19.2 Å². The van der Waals surface area contributed by atoms with Crippen LogP contribution in [0.5, 0.6) is 11.5 Å². The molecule has 184 valence electrons. The first-order chi connectivity index (χ1) is 17.2. The number of rotatable bonds is 8. The summed E-state index contributed by atoms with van der Waals surface area (Å²) in [6.07, 6.45) is 1.60. The van der Waals surface area contributed by atoms with Crippen molar-refractivity contribution in [3.8, 4) is 11.5 Å². The number of nitro benzene ring substituents is 1. The first-order valence-corrected chi connectivity index (χ1v) is 12.1. The number of hydrogen-bond acceptors (Lipinski definition) is 7. The molecule has 1 fully saturated rings. The lowest BCUT2D eigenvalue weighted by Gasteiger charge is -2.14. The summed E-state index contributed by atoms with van der Waals surface area (Å²) < 4.78 is 11.2. The van der Waals surface area contributed by atoms with Gasteiger partial charge in [-0.25, -0.2) is 0 Å². The zero-order valence-electron chi connectivity index (χ0n) is 18.8. The van der Waals surface area contributed by atoms with Crippen molar-refractivity contribution in [2.45, 2.75) is 13.2 Å². The zero-order valence-corrected chi connectivity index (χ0v) is 21.1. The quantitative estimate of drug-likeness (QED) is 0.176. The van der Waals surface area contributed by atoms with Crippen molar-refractivity contribution in [3.05, 3.63) is 102 Å². The number of nitro groups is 1. The summed E-state index contributed by atoms with van der Waals surface area (Å²) in [4.78, 5) is 37.2. The van der Waals surface area contributed by atoms with Crippen LogP contribution in [0.25, 0.3) is 6.08 Å². The minimum Gasteiger partial charge on any atom is -0.493 e. The second-order valence-corrected chi connectivity index (χ2v) is 9.46. The van der Waals surface area contributed by atoms with Gasteiger partial charge in [0.15, 0.2) is 11.5 Å². The van der Waals surface area contributed by atoms with E-state index in [0.29, 0.717) is 32.7 Å². The molecular weight excluding hydrogens is 527 g/mol. The number of carbonyl (C=O) groups is 2. The predicted octanol–water partition coefficient (Wildman–Crippen LogP) is 6.73. The van der Waals surface area contributed by atoms with Crippen LogP contribution in [0.3, 0.4) is 0 Å². The molecular formula is C25H18Cl2N2O6S. The number of nitrogens with zero attached hydrogens (tertiary/aromatic N) is 2. The van der Waals surface area contributed by atoms with E-state index in [4.69, 9.17) is 32.7 Å². The smallest absolute Gasteiger partial charge is 0.293 e. The number of benzene rings is 3. The second-order valence-electron chi connectivity index (χ2n) is 7.63. The van der Waals surface area contributed by atoms with E-state index in [-0.39, 0.29) is 23.7 Å². The van der Waals surface area contributed by atoms with Gasteiger partial charge in [0.2, 0.25) is 0 Å². The lowest BCUT2D eigenvalue weighted by molar-refractivity contribution is -0.384. The first-order valence-electron chi connectivity index (χ1n) is 10.5. The van der Waals surface area contributed by atoms with Gasteiger partial charge in [-0.1, -0.05) is 35.3 Å². The van der Waals surface area contributed by atoms with Gasteiger partial charge < -0.3 is 9.47 Å². The number of non-ortho nitro benzene ring substituents is 1. The first kappa shape index (κ1) is 25.6. The molecule has 1 aliphatic rings. The van der Waals surface area contributed by atoms with Gasteiger partial charge in [0, 0.05) is 22.2 Å². The van der Waals surface area contributed by atoms with E-state index < -0.39 is 16.1 Å². The Morgan fingerprint density at radius 1 is 1.03 bits per heavy atom. The highest BCUT2D eigenvalue weighted by molar-refractivity contribution is 8.18. The summed E-state index contributed by atoms with van der Waals surface area (Å²) >= 11 is 13.0. The highest BCUT2D eigenvalue weighted by Crippen LogP contribution is 2.36. The van der Waals surface area contributed by atoms with Gasteiger partial charge in [-0.15, -0.1) is 0 Å². The molecule has 3 aromatic rings. The normalized spacial score (nSPS) is 14.4. The average molecular weight is 545 g/mol. The maximum atomic E-state index is 12.9. The Kier molecular flexibility index (Phi) is 7.83. The maximum absolute atomic E-state index is 12.9. The average Bonchev–Trinajstić information content (AvgIpc) is 3.11. The third-order valence-corrected chi connectivity index (χ3v) is 6.74. The van der Waals surface area contributed by atoms with Gasteiger partial charge in [-0.05, 0) is 70.9 Å². The fourth-order valence-corrected chi connectivity index (χ4v) is 4.69. The van der Waals surface area contributed by atoms with E-state index in [1.807, 2.05) is 0 Å². The third-order valence-electron chi connectivity index (χ3n) is 5.24. The van der Waals surface area contributed by atoms with Crippen molar-refractivity contribution in [2.24, 2.45) is 0 Å². The van der Waals surface area contributed by atoms with E-state index in [9.17, 15) is 19.7 Å². The molecule has 0 aromatic heterocycles. The summed E-state index contributed by atoms with van der Waals surface area (Å²) in [5, 5.41) is 11.3. The van der Waals surface area contributed by atoms with Gasteiger partial charge in [0.25, 0.3) is 16.8 Å². The molecule has 3 aromatic carbocycles. The number of thioether (sulfide) groups is 1. The van der Waals surface area contributed by atoms with Crippen molar-refractivity contribution >= 4 is 57.9 Å². The van der Waals surface area contributed by atoms with Crippen molar-refractivity contribution < 1.29 is 24.0 Å². The highest BCUT2D eigenvalue weighted by Gasteiger charge is 2.35. The van der Waals surface area contributed by atoms with Gasteiger partial charge in [0.05, 0.1) is 23.5 Å². The number of ether oxygens (including phenoxy) is 2. The molecule has 36 heavy (non-hydrogen) atoms. The number of imide groups is 1. The molecule has 1 heterocycles. The number of methoxy groups -OCH3 is 1. The van der Waals surface area contributed by atoms with Gasteiger partial charge in [-0.2, -0.15) is 0 Å². The third kappa shape index (κ3) is 5.81. The second kappa shape index (κ2) is 11.0. The van der Waals surface area contributed by atoms with E-state index in [0.717, 1.165) is 22.2 Å². The molecule has 0 saturated carbocycles. The zero-order chi connectivity index (χ0) is 25.8. The molecule has 0 atom stereocenters. The number of carbonyl (C=O) groups excluding carboxylic acids is 2. The monoisotopic (exact) mass is 544 g/mol. The Labute approximate surface area is 220 Å². The van der Waals surface area contributed by atoms with Gasteiger partial charge >= 0.3 is 0 Å². The summed E-state index contributed by atoms with van der Waals surface area (Å²) in [5.74, 6) is 0.455. The number of halogens is 2. The summed E-state index contributed by atoms with van der Waals surface area (Å²) in [6.45, 7) is 0.181. The Morgan fingerprint density at radius 2 is 1.78 bits per heavy atom. The van der Waals surface area contributed by atoms with E-state index in [1.54, 1.807) is 54.6 Å². The molecule has 0 N–H and O–H groups in total. The van der Waals surface area contributed by atoms with Crippen LogP contribution in [-0.4, -0.2) is 28.1 Å². The molecule has 1 saturated heterocycles. The van der Waals surface area contributed by atoms with Crippen molar-refractivity contribution in [1.29, 1.82) is 0 Å². The summed E-state index contributed by atoms with van der Waals surface area (Å²) in [5.41, 5.74) is 1.96. The lowest BCUT2D eigenvalue weighted by atomic mass is 10.1. The molecule has 8 nitrogen and oxygen atoms in total. The fraction of sp³-hybridized carbons (Fsp3) is 0.120. The Balaban J connectivity index is 1.50. The van der Waals surface area contributed by atoms with Gasteiger partial charge in [0.1, 0.15) is 6.61 Å². The predicted molar refractivity (Wildman–Crippen MR) is 138 cm³/mol. The van der Waals surface area contributed by atoms with Crippen LogP contribution in [0.2, 0.25) is 10.0 Å². The molecule has 4 rings (SSSR count). The standard InChI is InChI=1S/C25H18Cl2N2O6S/c1-34-21-9-4-16(10-22(21)35-14-15-2-7-19(8-3-15)29(32)33)11-23-24(30)28(25(31)36-23)13-17-5-6-18(26)12-20(17)27/h2-12H,13-14H2,1H3/b23-11-. The Hall–Kier alpha value is -3.53. The molecule has 0 unspecified atom stereocenters. The number of amides is 2. The van der Waals surface area contributed by atoms with Crippen LogP contribution in [0.1, 0.15) is 16.7 Å². The largest absolute Gasteiger partial charge is 0.493 e. The minimum atomic E-state index is -0.469. The molecule has 11 heteroatoms. The Morgan fingerprint density at radius 3 is 2.44 bits per heavy atom. The van der Waals surface area contributed by atoms with E-state index >= 15 is 0 Å². The SMILES string of the molecule is COc1ccc(/C=C2\SC(=O)N(Cc3ccc(Cl)cc3Cl)C2=O)cc1OCc1ccc([N+](=O)[O-])cc1. The fourth-order valence-electron chi connectivity index (χ4n) is 3.38. The van der Waals surface area contributed by atoms with Crippen molar-refractivity contribution in [3.63, 3.8) is 0 Å². The molecule has 0 spiro atoms. The van der Waals surface area contributed by atoms with Crippen LogP contribution in [0.15, 0.2) is 65.6 Å². The van der Waals surface area contributed by atoms with E-state index in [2.05, 4.69) is 0 Å². The van der Waals surface area contributed by atoms with Crippen LogP contribution >= 0.6 is 35.0 Å². The van der Waals surface area contributed by atoms with Crippen molar-refractivity contribution in [2.75, 3.05) is 7.11 Å². The molecule has 0 bridgehead atoms. The highest BCUT2D eigenvalue weighted by atomic mass is 35.5.